The second kappa shape index (κ2) is 37.9. The summed E-state index contributed by atoms with van der Waals surface area (Å²) in [5.41, 5.74) is 17.4. The topological polar surface area (TPSA) is 493 Å². The van der Waals surface area contributed by atoms with Crippen LogP contribution in [0.1, 0.15) is 129 Å². The highest BCUT2D eigenvalue weighted by molar-refractivity contribution is 7.98. The fourth-order valence-corrected chi connectivity index (χ4v) is 9.43. The maximum Gasteiger partial charge on any atom is 0.303 e. The first kappa shape index (κ1) is 71.9. The monoisotopic (exact) mass is 1230 g/mol. The van der Waals surface area contributed by atoms with Crippen LogP contribution in [0.5, 0.6) is 0 Å². The molecule has 0 unspecified atom stereocenters. The molecule has 0 aromatic carbocycles. The molecule has 1 aliphatic rings. The van der Waals surface area contributed by atoms with E-state index in [1.54, 1.807) is 20.1 Å². The van der Waals surface area contributed by atoms with E-state index in [4.69, 9.17) is 17.2 Å². The lowest BCUT2D eigenvalue weighted by atomic mass is 10.0. The van der Waals surface area contributed by atoms with Gasteiger partial charge in [-0.15, -0.1) is 0 Å². The molecule has 11 amide bonds. The number of H-pyrrole nitrogens is 2. The Morgan fingerprint density at radius 3 is 1.56 bits per heavy atom. The van der Waals surface area contributed by atoms with Crippen molar-refractivity contribution in [1.29, 1.82) is 0 Å². The van der Waals surface area contributed by atoms with Gasteiger partial charge < -0.3 is 85.4 Å². The molecular weight excluding hydrogens is 1140 g/mol. The van der Waals surface area contributed by atoms with Gasteiger partial charge in [0.15, 0.2) is 5.96 Å². The Morgan fingerprint density at radius 1 is 0.581 bits per heavy atom. The highest BCUT2D eigenvalue weighted by Gasteiger charge is 2.36. The number of hydrogen-bond acceptors (Lipinski definition) is 16. The number of carbonyl (C=O) groups is 12. The van der Waals surface area contributed by atoms with E-state index in [9.17, 15) is 62.6 Å². The van der Waals surface area contributed by atoms with Gasteiger partial charge in [0.05, 0.1) is 19.1 Å². The Kier molecular flexibility index (Phi) is 31.7. The number of thioether (sulfide) groups is 1. The number of aromatic amines is 2. The third-order valence-electron chi connectivity index (χ3n) is 13.4. The molecule has 3 heterocycles. The number of imidazole rings is 2. The van der Waals surface area contributed by atoms with E-state index in [0.717, 1.165) is 0 Å². The molecule has 478 valence electrons. The molecule has 1 aliphatic heterocycles. The number of nitrogens with two attached hydrogens (primary N) is 3. The number of aromatic nitrogens is 4. The van der Waals surface area contributed by atoms with Crippen LogP contribution in [0.25, 0.3) is 0 Å². The molecule has 1 saturated heterocycles. The molecule has 0 aliphatic carbocycles. The zero-order chi connectivity index (χ0) is 63.9. The van der Waals surface area contributed by atoms with Gasteiger partial charge in [-0.05, 0) is 82.1 Å². The first-order chi connectivity index (χ1) is 40.8. The number of hydrogen-bond donors (Lipinski definition) is 16. The van der Waals surface area contributed by atoms with E-state index >= 15 is 0 Å². The molecule has 2 aromatic rings. The Labute approximate surface area is 503 Å². The summed E-state index contributed by atoms with van der Waals surface area (Å²) in [6, 6.07) is -12.6. The molecule has 3 rings (SSSR count). The average molecular weight is 1230 g/mol. The van der Waals surface area contributed by atoms with E-state index in [1.807, 2.05) is 13.8 Å². The second-order valence-electron chi connectivity index (χ2n) is 21.9. The standard InChI is InChI=1S/C54H88N18O13S/c1-29(2)20-37-46(78)60-17-10-8-7-9-13-43(74)65-39(22-32-25-58-27-62-32)51(83)67-35(14-15-44(75)76)49(81)66-34(12-11-18-61-54(56)57)48(80)68-36(16-19-86-6)47(79)64-31(5)45(77)69-38(21-30(3)4)50(82)71-40(23-33-26-59-28-63-33)52(84)72-41(24-42(55)73)53(85)70-37/h25-31,34-41H,7-24H2,1-6H3,(H2,55,73)(H,58,62)(H,59,63)(H,60,78)(H,64,79)(H,65,74)(H,66,81)(H,67,83)(H,68,80)(H,69,77)(H,70,85)(H,71,82)(H,72,84)(H,75,76)(H4,56,57,61)/t31-,34-,35-,36-,37-,38-,39-,40-,41-/m0/s1. The van der Waals surface area contributed by atoms with Gasteiger partial charge in [-0.1, -0.05) is 40.5 Å². The van der Waals surface area contributed by atoms with Crippen molar-refractivity contribution in [2.24, 2.45) is 34.0 Å². The number of guanidine groups is 1. The molecule has 31 nitrogen and oxygen atoms in total. The summed E-state index contributed by atoms with van der Waals surface area (Å²) in [7, 11) is 0. The highest BCUT2D eigenvalue weighted by atomic mass is 32.2. The normalized spacial score (nSPS) is 23.9. The van der Waals surface area contributed by atoms with E-state index in [0.29, 0.717) is 42.8 Å². The molecule has 32 heteroatoms. The predicted molar refractivity (Wildman–Crippen MR) is 316 cm³/mol. The number of rotatable bonds is 20. The van der Waals surface area contributed by atoms with Crippen molar-refractivity contribution in [3.05, 3.63) is 36.4 Å². The van der Waals surface area contributed by atoms with E-state index in [2.05, 4.69) is 78.1 Å². The molecule has 0 radical (unpaired) electrons. The number of aliphatic carboxylic acids is 1. The first-order valence-corrected chi connectivity index (χ1v) is 30.1. The number of amides is 11. The molecule has 2 aromatic heterocycles. The molecule has 0 saturated carbocycles. The molecule has 1 fully saturated rings. The minimum atomic E-state index is -1.62. The second-order valence-corrected chi connectivity index (χ2v) is 22.9. The number of nitrogens with one attached hydrogen (secondary N) is 12. The maximum atomic E-state index is 14.3. The summed E-state index contributed by atoms with van der Waals surface area (Å²) in [6.07, 6.45) is 7.14. The lowest BCUT2D eigenvalue weighted by Crippen LogP contribution is -2.60. The summed E-state index contributed by atoms with van der Waals surface area (Å²) >= 11 is 1.33. The van der Waals surface area contributed by atoms with Crippen LogP contribution in [0.4, 0.5) is 0 Å². The summed E-state index contributed by atoms with van der Waals surface area (Å²) in [5.74, 6) is -10.8. The zero-order valence-electron chi connectivity index (χ0n) is 49.7. The summed E-state index contributed by atoms with van der Waals surface area (Å²) < 4.78 is 0. The SMILES string of the molecule is CSCC[C@@H]1NC(=O)[C@H](CCCN=C(N)N)NC(=O)[C@H](CCC(=O)O)NC(=O)[C@H](Cc2cnc[nH]2)NC(=O)CCCCCCNC(=O)[C@H](CC(C)C)NC(=O)[C@H](CC(N)=O)NC(=O)[C@H](Cc2cnc[nH]2)NC(=O)[C@H](CC(C)C)NC(=O)[C@H](C)NC1=O. The van der Waals surface area contributed by atoms with E-state index < -0.39 is 145 Å². The summed E-state index contributed by atoms with van der Waals surface area (Å²) in [4.78, 5) is 182. The van der Waals surface area contributed by atoms with Crippen LogP contribution >= 0.6 is 11.8 Å². The van der Waals surface area contributed by atoms with Crippen molar-refractivity contribution in [2.75, 3.05) is 25.1 Å². The maximum absolute atomic E-state index is 14.3. The predicted octanol–water partition coefficient (Wildman–Crippen LogP) is -2.98. The van der Waals surface area contributed by atoms with Crippen molar-refractivity contribution in [2.45, 2.75) is 185 Å². The number of nitrogens with zero attached hydrogens (tertiary/aromatic N) is 3. The third-order valence-corrected chi connectivity index (χ3v) is 14.1. The van der Waals surface area contributed by atoms with Crippen molar-refractivity contribution in [3.63, 3.8) is 0 Å². The number of primary amides is 1. The van der Waals surface area contributed by atoms with Crippen molar-refractivity contribution < 1.29 is 62.6 Å². The van der Waals surface area contributed by atoms with Gasteiger partial charge in [-0.2, -0.15) is 11.8 Å². The lowest BCUT2D eigenvalue weighted by molar-refractivity contribution is -0.138. The van der Waals surface area contributed by atoms with Gasteiger partial charge in [0, 0.05) is 62.6 Å². The Balaban J connectivity index is 2.09. The van der Waals surface area contributed by atoms with Crippen LogP contribution in [0.2, 0.25) is 0 Å². The van der Waals surface area contributed by atoms with Crippen LogP contribution in [0.3, 0.4) is 0 Å². The Bertz CT molecular complexity index is 2600. The van der Waals surface area contributed by atoms with Gasteiger partial charge in [0.2, 0.25) is 65.0 Å². The molecule has 19 N–H and O–H groups in total. The molecule has 0 spiro atoms. The smallest absolute Gasteiger partial charge is 0.303 e. The van der Waals surface area contributed by atoms with Crippen molar-refractivity contribution in [3.8, 4) is 0 Å². The van der Waals surface area contributed by atoms with Gasteiger partial charge in [0.25, 0.3) is 0 Å². The van der Waals surface area contributed by atoms with Gasteiger partial charge in [-0.25, -0.2) is 9.97 Å². The van der Waals surface area contributed by atoms with Gasteiger partial charge >= 0.3 is 5.97 Å². The van der Waals surface area contributed by atoms with Crippen LogP contribution in [0, 0.1) is 11.8 Å². The average Bonchev–Trinajstić information content (AvgIpc) is 3.71. The molecule has 9 atom stereocenters. The van der Waals surface area contributed by atoms with Gasteiger partial charge in [0.1, 0.15) is 54.4 Å². The minimum absolute atomic E-state index is 0.000397. The summed E-state index contributed by atoms with van der Waals surface area (Å²) in [6.45, 7) is 8.70. The summed E-state index contributed by atoms with van der Waals surface area (Å²) in [5, 5.41) is 36.0. The zero-order valence-corrected chi connectivity index (χ0v) is 50.5. The van der Waals surface area contributed by atoms with Crippen molar-refractivity contribution >= 4 is 88.7 Å². The molecule has 0 bridgehead atoms. The highest BCUT2D eigenvalue weighted by Crippen LogP contribution is 2.13. The van der Waals surface area contributed by atoms with Gasteiger partial charge in [-0.3, -0.25) is 62.5 Å². The minimum Gasteiger partial charge on any atom is -0.481 e. The Hall–Kier alpha value is -8.32. The quantitative estimate of drug-likeness (QED) is 0.0357. The largest absolute Gasteiger partial charge is 0.481 e. The number of carboxylic acid groups (broad SMARTS) is 1. The molecule has 86 heavy (non-hydrogen) atoms. The first-order valence-electron chi connectivity index (χ1n) is 28.8. The third kappa shape index (κ3) is 27.6. The van der Waals surface area contributed by atoms with E-state index in [-0.39, 0.29) is 82.3 Å². The van der Waals surface area contributed by atoms with Crippen LogP contribution in [0.15, 0.2) is 30.0 Å². The lowest BCUT2D eigenvalue weighted by Gasteiger charge is -2.28. The number of aliphatic imine (C=N–C) groups is 1. The number of carbonyl (C=O) groups excluding carboxylic acids is 11. The van der Waals surface area contributed by atoms with E-state index in [1.165, 1.54) is 43.7 Å². The van der Waals surface area contributed by atoms with Crippen molar-refractivity contribution in [1.82, 2.24) is 73.1 Å². The number of carboxylic acids is 1. The fraction of sp³-hybridized carbons (Fsp3) is 0.648. The molecular formula is C54H88N18O13S. The Morgan fingerprint density at radius 2 is 1.03 bits per heavy atom. The van der Waals surface area contributed by atoms with Crippen LogP contribution < -0.4 is 70.4 Å². The van der Waals surface area contributed by atoms with Crippen LogP contribution in [-0.2, 0) is 70.4 Å². The van der Waals surface area contributed by atoms with Crippen LogP contribution in [-0.4, -0.2) is 181 Å². The fourth-order valence-electron chi connectivity index (χ4n) is 8.96.